The molecule has 0 radical (unpaired) electrons. The average molecular weight is 369 g/mol. The number of nitrogens with zero attached hydrogens (tertiary/aromatic N) is 7. The molecule has 2 aromatic rings. The van der Waals surface area contributed by atoms with Gasteiger partial charge in [0.05, 0.1) is 0 Å². The van der Waals surface area contributed by atoms with Crippen molar-refractivity contribution in [2.45, 2.75) is 37.8 Å². The largest absolute Gasteiger partial charge is 0.363 e. The van der Waals surface area contributed by atoms with E-state index in [1.807, 2.05) is 37.1 Å². The number of hydrogen-bond donors (Lipinski definition) is 0. The smallest absolute Gasteiger partial charge is 0.274 e. The monoisotopic (exact) mass is 369 g/mol. The molecular formula is C19H27N7O. The van der Waals surface area contributed by atoms with Crippen molar-refractivity contribution in [1.29, 1.82) is 0 Å². The van der Waals surface area contributed by atoms with Crippen LogP contribution in [0.25, 0.3) is 0 Å². The predicted octanol–water partition coefficient (Wildman–Crippen LogP) is 1.55. The highest BCUT2D eigenvalue weighted by Gasteiger charge is 2.37. The summed E-state index contributed by atoms with van der Waals surface area (Å²) in [4.78, 5) is 27.9. The molecule has 0 unspecified atom stereocenters. The molecule has 2 fully saturated rings. The summed E-state index contributed by atoms with van der Waals surface area (Å²) < 4.78 is 1.67. The summed E-state index contributed by atoms with van der Waals surface area (Å²) in [6.07, 6.45) is 7.81. The van der Waals surface area contributed by atoms with Gasteiger partial charge in [-0.05, 0) is 31.7 Å². The lowest BCUT2D eigenvalue weighted by Crippen LogP contribution is -2.48. The van der Waals surface area contributed by atoms with Crippen LogP contribution in [0.4, 0.5) is 11.6 Å². The van der Waals surface area contributed by atoms with Gasteiger partial charge in [0.2, 0.25) is 0 Å². The Balaban J connectivity index is 1.45. The van der Waals surface area contributed by atoms with Crippen molar-refractivity contribution in [3.05, 3.63) is 30.4 Å². The molecule has 144 valence electrons. The first-order valence-electron chi connectivity index (χ1n) is 9.59. The zero-order valence-corrected chi connectivity index (χ0v) is 16.2. The number of hydrogen-bond acceptors (Lipinski definition) is 6. The molecule has 0 N–H and O–H groups in total. The second-order valence-corrected chi connectivity index (χ2v) is 7.67. The van der Waals surface area contributed by atoms with Gasteiger partial charge in [0, 0.05) is 58.6 Å². The SMILES string of the molecule is CN(C)c1cc(N(C2CC2)C2CCN(C(=O)c3ccn(C)n3)CC2)ncn1. The van der Waals surface area contributed by atoms with E-state index >= 15 is 0 Å². The molecule has 0 atom stereocenters. The zero-order valence-electron chi connectivity index (χ0n) is 16.2. The van der Waals surface area contributed by atoms with Crippen molar-refractivity contribution in [2.24, 2.45) is 7.05 Å². The van der Waals surface area contributed by atoms with Crippen LogP contribution < -0.4 is 9.80 Å². The number of aryl methyl sites for hydroxylation is 1. The van der Waals surface area contributed by atoms with Gasteiger partial charge in [0.1, 0.15) is 23.7 Å². The number of anilines is 2. The Hall–Kier alpha value is -2.64. The average Bonchev–Trinajstić information content (AvgIpc) is 3.41. The number of rotatable bonds is 5. The Bertz CT molecular complexity index is 806. The van der Waals surface area contributed by atoms with Crippen LogP contribution in [-0.4, -0.2) is 69.8 Å². The summed E-state index contributed by atoms with van der Waals surface area (Å²) in [6.45, 7) is 1.52. The second-order valence-electron chi connectivity index (χ2n) is 7.67. The van der Waals surface area contributed by atoms with Crippen LogP contribution >= 0.6 is 0 Å². The molecule has 27 heavy (non-hydrogen) atoms. The van der Waals surface area contributed by atoms with Gasteiger partial charge in [-0.3, -0.25) is 9.48 Å². The van der Waals surface area contributed by atoms with E-state index in [1.54, 1.807) is 17.1 Å². The third-order valence-corrected chi connectivity index (χ3v) is 5.38. The Morgan fingerprint density at radius 2 is 1.74 bits per heavy atom. The van der Waals surface area contributed by atoms with Crippen LogP contribution in [0.1, 0.15) is 36.2 Å². The van der Waals surface area contributed by atoms with Crippen molar-refractivity contribution in [3.8, 4) is 0 Å². The zero-order chi connectivity index (χ0) is 19.0. The van der Waals surface area contributed by atoms with Crippen molar-refractivity contribution in [1.82, 2.24) is 24.6 Å². The van der Waals surface area contributed by atoms with E-state index in [1.165, 1.54) is 12.8 Å². The van der Waals surface area contributed by atoms with Gasteiger partial charge in [0.15, 0.2) is 0 Å². The Morgan fingerprint density at radius 3 is 2.33 bits per heavy atom. The maximum Gasteiger partial charge on any atom is 0.274 e. The minimum Gasteiger partial charge on any atom is -0.363 e. The quantitative estimate of drug-likeness (QED) is 0.796. The third kappa shape index (κ3) is 3.74. The van der Waals surface area contributed by atoms with E-state index in [0.29, 0.717) is 17.8 Å². The summed E-state index contributed by atoms with van der Waals surface area (Å²) in [5.74, 6) is 1.96. The van der Waals surface area contributed by atoms with Crippen LogP contribution in [0.3, 0.4) is 0 Å². The van der Waals surface area contributed by atoms with Crippen LogP contribution in [-0.2, 0) is 7.05 Å². The van der Waals surface area contributed by atoms with Crippen LogP contribution in [0.5, 0.6) is 0 Å². The number of carbonyl (C=O) groups excluding carboxylic acids is 1. The molecule has 4 rings (SSSR count). The van der Waals surface area contributed by atoms with E-state index in [9.17, 15) is 4.79 Å². The highest BCUT2D eigenvalue weighted by Crippen LogP contribution is 2.36. The van der Waals surface area contributed by atoms with Gasteiger partial charge in [-0.15, -0.1) is 0 Å². The van der Waals surface area contributed by atoms with E-state index in [4.69, 9.17) is 0 Å². The molecule has 0 bridgehead atoms. The number of likely N-dealkylation sites (tertiary alicyclic amines) is 1. The minimum atomic E-state index is 0.0314. The number of carbonyl (C=O) groups is 1. The first kappa shape index (κ1) is 17.8. The molecule has 1 amide bonds. The van der Waals surface area contributed by atoms with Gasteiger partial charge in [-0.1, -0.05) is 0 Å². The van der Waals surface area contributed by atoms with Gasteiger partial charge in [0.25, 0.3) is 5.91 Å². The fraction of sp³-hybridized carbons (Fsp3) is 0.579. The molecule has 0 aromatic carbocycles. The predicted molar refractivity (Wildman–Crippen MR) is 104 cm³/mol. The summed E-state index contributed by atoms with van der Waals surface area (Å²) in [5.41, 5.74) is 0.529. The molecule has 8 heteroatoms. The summed E-state index contributed by atoms with van der Waals surface area (Å²) in [5, 5.41) is 4.25. The van der Waals surface area contributed by atoms with Crippen LogP contribution in [0, 0.1) is 0 Å². The lowest BCUT2D eigenvalue weighted by Gasteiger charge is -2.39. The summed E-state index contributed by atoms with van der Waals surface area (Å²) in [7, 11) is 5.82. The molecule has 1 aliphatic carbocycles. The van der Waals surface area contributed by atoms with Gasteiger partial charge in [-0.25, -0.2) is 9.97 Å². The van der Waals surface area contributed by atoms with Gasteiger partial charge in [-0.2, -0.15) is 5.10 Å². The Labute approximate surface area is 159 Å². The minimum absolute atomic E-state index is 0.0314. The van der Waals surface area contributed by atoms with Crippen molar-refractivity contribution in [3.63, 3.8) is 0 Å². The molecule has 2 aliphatic rings. The van der Waals surface area contributed by atoms with E-state index < -0.39 is 0 Å². The lowest BCUT2D eigenvalue weighted by atomic mass is 10.0. The fourth-order valence-electron chi connectivity index (χ4n) is 3.79. The third-order valence-electron chi connectivity index (χ3n) is 5.38. The van der Waals surface area contributed by atoms with E-state index in [-0.39, 0.29) is 5.91 Å². The van der Waals surface area contributed by atoms with Crippen molar-refractivity contribution < 1.29 is 4.79 Å². The Kier molecular flexibility index (Phi) is 4.72. The van der Waals surface area contributed by atoms with Gasteiger partial charge >= 0.3 is 0 Å². The number of piperidine rings is 1. The highest BCUT2D eigenvalue weighted by atomic mass is 16.2. The standard InChI is InChI=1S/C19H27N7O/c1-23(2)17-12-18(21-13-20-17)26(14-4-5-14)15-6-10-25(11-7-15)19(27)16-8-9-24(3)22-16/h8-9,12-15H,4-7,10-11H2,1-3H3. The first-order valence-corrected chi connectivity index (χ1v) is 9.59. The number of amides is 1. The topological polar surface area (TPSA) is 70.4 Å². The summed E-state index contributed by atoms with van der Waals surface area (Å²) in [6, 6.07) is 4.84. The van der Waals surface area contributed by atoms with Crippen molar-refractivity contribution >= 4 is 17.5 Å². The Morgan fingerprint density at radius 1 is 1.07 bits per heavy atom. The lowest BCUT2D eigenvalue weighted by molar-refractivity contribution is 0.0705. The molecule has 8 nitrogen and oxygen atoms in total. The maximum absolute atomic E-state index is 12.6. The molecule has 1 saturated carbocycles. The fourth-order valence-corrected chi connectivity index (χ4v) is 3.79. The first-order chi connectivity index (χ1) is 13.0. The van der Waals surface area contributed by atoms with E-state index in [2.05, 4.69) is 26.0 Å². The van der Waals surface area contributed by atoms with Crippen LogP contribution in [0.15, 0.2) is 24.7 Å². The molecule has 0 spiro atoms. The maximum atomic E-state index is 12.6. The van der Waals surface area contributed by atoms with Crippen molar-refractivity contribution in [2.75, 3.05) is 37.0 Å². The number of aromatic nitrogens is 4. The molecule has 2 aromatic heterocycles. The molecule has 1 saturated heterocycles. The molecule has 3 heterocycles. The van der Waals surface area contributed by atoms with E-state index in [0.717, 1.165) is 37.6 Å². The normalized spacial score (nSPS) is 17.8. The molecule has 1 aliphatic heterocycles. The second kappa shape index (κ2) is 7.17. The summed E-state index contributed by atoms with van der Waals surface area (Å²) >= 11 is 0. The molecular weight excluding hydrogens is 342 g/mol. The highest BCUT2D eigenvalue weighted by molar-refractivity contribution is 5.92. The van der Waals surface area contributed by atoms with Crippen LogP contribution in [0.2, 0.25) is 0 Å². The van der Waals surface area contributed by atoms with Gasteiger partial charge < -0.3 is 14.7 Å².